The second-order valence-corrected chi connectivity index (χ2v) is 4.87. The van der Waals surface area contributed by atoms with Crippen LogP contribution in [-0.4, -0.2) is 18.8 Å². The van der Waals surface area contributed by atoms with Crippen LogP contribution in [-0.2, 0) is 11.2 Å². The van der Waals surface area contributed by atoms with Gasteiger partial charge in [-0.2, -0.15) is 0 Å². The summed E-state index contributed by atoms with van der Waals surface area (Å²) < 4.78 is 18.9. The van der Waals surface area contributed by atoms with E-state index in [1.54, 1.807) is 12.1 Å². The average molecular weight is 244 g/mol. The Balaban J connectivity index is 2.13. The molecule has 1 saturated heterocycles. The lowest BCUT2D eigenvalue weighted by atomic mass is 9.87. The molecular weight excluding hydrogens is 229 g/mol. The van der Waals surface area contributed by atoms with Crippen LogP contribution in [0.1, 0.15) is 18.4 Å². The Hall–Kier alpha value is -0.640. The zero-order valence-corrected chi connectivity index (χ0v) is 9.77. The molecule has 1 unspecified atom stereocenters. The van der Waals surface area contributed by atoms with Gasteiger partial charge in [-0.05, 0) is 37.0 Å². The Morgan fingerprint density at radius 1 is 1.50 bits per heavy atom. The number of nitrogens with two attached hydrogens (primary N) is 1. The van der Waals surface area contributed by atoms with Gasteiger partial charge in [-0.1, -0.05) is 17.7 Å². The fourth-order valence-electron chi connectivity index (χ4n) is 2.06. The Bertz CT molecular complexity index is 377. The molecule has 1 aliphatic rings. The first-order chi connectivity index (χ1) is 7.59. The smallest absolute Gasteiger partial charge is 0.127 e. The third kappa shape index (κ3) is 2.73. The van der Waals surface area contributed by atoms with Crippen molar-refractivity contribution in [3.63, 3.8) is 0 Å². The van der Waals surface area contributed by atoms with Crippen molar-refractivity contribution in [3.8, 4) is 0 Å². The lowest BCUT2D eigenvalue weighted by Crippen LogP contribution is -2.49. The Labute approximate surface area is 99.5 Å². The van der Waals surface area contributed by atoms with E-state index in [4.69, 9.17) is 22.1 Å². The zero-order chi connectivity index (χ0) is 11.6. The molecule has 1 heterocycles. The molecule has 2 N–H and O–H groups in total. The van der Waals surface area contributed by atoms with Gasteiger partial charge >= 0.3 is 0 Å². The van der Waals surface area contributed by atoms with Gasteiger partial charge in [0.2, 0.25) is 0 Å². The van der Waals surface area contributed by atoms with Crippen molar-refractivity contribution < 1.29 is 9.13 Å². The number of rotatable bonds is 2. The van der Waals surface area contributed by atoms with E-state index in [2.05, 4.69) is 0 Å². The summed E-state index contributed by atoms with van der Waals surface area (Å²) in [6.07, 6.45) is 2.30. The number of halogens is 2. The van der Waals surface area contributed by atoms with Gasteiger partial charge in [-0.15, -0.1) is 0 Å². The topological polar surface area (TPSA) is 35.2 Å². The van der Waals surface area contributed by atoms with E-state index in [-0.39, 0.29) is 5.82 Å². The monoisotopic (exact) mass is 243 g/mol. The summed E-state index contributed by atoms with van der Waals surface area (Å²) >= 11 is 5.70. The average Bonchev–Trinajstić information content (AvgIpc) is 2.23. The van der Waals surface area contributed by atoms with Crippen LogP contribution in [0.3, 0.4) is 0 Å². The van der Waals surface area contributed by atoms with Crippen molar-refractivity contribution in [2.75, 3.05) is 13.2 Å². The first-order valence-electron chi connectivity index (χ1n) is 5.40. The summed E-state index contributed by atoms with van der Waals surface area (Å²) in [5.41, 5.74) is 6.34. The van der Waals surface area contributed by atoms with Gasteiger partial charge < -0.3 is 10.5 Å². The summed E-state index contributed by atoms with van der Waals surface area (Å²) in [6.45, 7) is 1.25. The summed E-state index contributed by atoms with van der Waals surface area (Å²) in [5, 5.41) is 0.409. The minimum atomic E-state index is -0.438. The summed E-state index contributed by atoms with van der Waals surface area (Å²) in [4.78, 5) is 0. The molecular formula is C12H15ClFNO. The molecule has 88 valence electrons. The van der Waals surface area contributed by atoms with Crippen molar-refractivity contribution >= 4 is 11.6 Å². The molecule has 0 aromatic heterocycles. The number of benzene rings is 1. The predicted octanol–water partition coefficient (Wildman–Crippen LogP) is 2.53. The van der Waals surface area contributed by atoms with Crippen LogP contribution in [0.15, 0.2) is 18.2 Å². The fraction of sp³-hybridized carbons (Fsp3) is 0.500. The lowest BCUT2D eigenvalue weighted by molar-refractivity contribution is 0.0379. The molecule has 0 amide bonds. The highest BCUT2D eigenvalue weighted by molar-refractivity contribution is 6.30. The van der Waals surface area contributed by atoms with E-state index in [0.717, 1.165) is 19.4 Å². The van der Waals surface area contributed by atoms with Crippen LogP contribution in [0.5, 0.6) is 0 Å². The van der Waals surface area contributed by atoms with Gasteiger partial charge in [-0.3, -0.25) is 0 Å². The van der Waals surface area contributed by atoms with Crippen molar-refractivity contribution in [1.29, 1.82) is 0 Å². The molecule has 1 aliphatic heterocycles. The molecule has 0 spiro atoms. The van der Waals surface area contributed by atoms with E-state index < -0.39 is 5.54 Å². The second-order valence-electron chi connectivity index (χ2n) is 4.43. The van der Waals surface area contributed by atoms with Crippen LogP contribution >= 0.6 is 11.6 Å². The Morgan fingerprint density at radius 3 is 2.94 bits per heavy atom. The largest absolute Gasteiger partial charge is 0.380 e. The molecule has 0 aliphatic carbocycles. The molecule has 0 radical (unpaired) electrons. The molecule has 4 heteroatoms. The highest BCUT2D eigenvalue weighted by atomic mass is 35.5. The highest BCUT2D eigenvalue weighted by Gasteiger charge is 2.29. The van der Waals surface area contributed by atoms with Crippen molar-refractivity contribution in [2.24, 2.45) is 5.73 Å². The van der Waals surface area contributed by atoms with Gasteiger partial charge in [0.05, 0.1) is 6.61 Å². The van der Waals surface area contributed by atoms with Gasteiger partial charge in [-0.25, -0.2) is 4.39 Å². The molecule has 16 heavy (non-hydrogen) atoms. The maximum absolute atomic E-state index is 13.6. The van der Waals surface area contributed by atoms with Crippen LogP contribution in [0.4, 0.5) is 4.39 Å². The van der Waals surface area contributed by atoms with Crippen molar-refractivity contribution in [2.45, 2.75) is 24.8 Å². The number of ether oxygens (including phenoxy) is 1. The molecule has 1 aromatic carbocycles. The quantitative estimate of drug-likeness (QED) is 0.866. The second kappa shape index (κ2) is 4.70. The third-order valence-electron chi connectivity index (χ3n) is 2.91. The molecule has 1 aromatic rings. The van der Waals surface area contributed by atoms with Gasteiger partial charge in [0.25, 0.3) is 0 Å². The Morgan fingerprint density at radius 2 is 2.31 bits per heavy atom. The van der Waals surface area contributed by atoms with Crippen LogP contribution in [0, 0.1) is 5.82 Å². The SMILES string of the molecule is NC1(Cc2ccc(Cl)cc2F)CCCOC1. The van der Waals surface area contributed by atoms with Gasteiger partial charge in [0, 0.05) is 17.2 Å². The molecule has 2 rings (SSSR count). The molecule has 0 saturated carbocycles. The van der Waals surface area contributed by atoms with Crippen molar-refractivity contribution in [1.82, 2.24) is 0 Å². The molecule has 1 fully saturated rings. The summed E-state index contributed by atoms with van der Waals surface area (Å²) in [6, 6.07) is 4.71. The lowest BCUT2D eigenvalue weighted by Gasteiger charge is -2.33. The van der Waals surface area contributed by atoms with Gasteiger partial charge in [0.15, 0.2) is 0 Å². The van der Waals surface area contributed by atoms with Gasteiger partial charge in [0.1, 0.15) is 5.82 Å². The third-order valence-corrected chi connectivity index (χ3v) is 3.15. The molecule has 1 atom stereocenters. The predicted molar refractivity (Wildman–Crippen MR) is 62.1 cm³/mol. The van der Waals surface area contributed by atoms with E-state index in [1.165, 1.54) is 6.07 Å². The summed E-state index contributed by atoms with van der Waals surface area (Å²) in [5.74, 6) is -0.289. The van der Waals surface area contributed by atoms with E-state index in [9.17, 15) is 4.39 Å². The zero-order valence-electron chi connectivity index (χ0n) is 9.01. The normalized spacial score (nSPS) is 25.7. The highest BCUT2D eigenvalue weighted by Crippen LogP contribution is 2.24. The van der Waals surface area contributed by atoms with Crippen LogP contribution in [0.2, 0.25) is 5.02 Å². The Kier molecular flexibility index (Phi) is 3.47. The van der Waals surface area contributed by atoms with Crippen LogP contribution in [0.25, 0.3) is 0 Å². The first-order valence-corrected chi connectivity index (χ1v) is 5.77. The maximum Gasteiger partial charge on any atom is 0.127 e. The minimum absolute atomic E-state index is 0.289. The first kappa shape index (κ1) is 11.8. The number of hydrogen-bond acceptors (Lipinski definition) is 2. The maximum atomic E-state index is 13.6. The molecule has 0 bridgehead atoms. The van der Waals surface area contributed by atoms with E-state index in [0.29, 0.717) is 23.6 Å². The standard InChI is InChI=1S/C12H15ClFNO/c13-10-3-2-9(11(14)6-10)7-12(15)4-1-5-16-8-12/h2-3,6H,1,4-5,7-8,15H2. The molecule has 2 nitrogen and oxygen atoms in total. The fourth-order valence-corrected chi connectivity index (χ4v) is 2.22. The van der Waals surface area contributed by atoms with Crippen LogP contribution < -0.4 is 5.73 Å². The van der Waals surface area contributed by atoms with Crippen molar-refractivity contribution in [3.05, 3.63) is 34.6 Å². The minimum Gasteiger partial charge on any atom is -0.380 e. The number of hydrogen-bond donors (Lipinski definition) is 1. The summed E-state index contributed by atoms with van der Waals surface area (Å²) in [7, 11) is 0. The van der Waals surface area contributed by atoms with E-state index >= 15 is 0 Å². The van der Waals surface area contributed by atoms with E-state index in [1.807, 2.05) is 0 Å².